The zero-order valence-corrected chi connectivity index (χ0v) is 19.1. The van der Waals surface area contributed by atoms with Gasteiger partial charge in [-0.25, -0.2) is 0 Å². The fourth-order valence-electron chi connectivity index (χ4n) is 3.31. The summed E-state index contributed by atoms with van der Waals surface area (Å²) >= 11 is 0. The Morgan fingerprint density at radius 2 is 1.11 bits per heavy atom. The number of benzene rings is 1. The van der Waals surface area contributed by atoms with Gasteiger partial charge in [0.2, 0.25) is 0 Å². The van der Waals surface area contributed by atoms with Gasteiger partial charge in [0, 0.05) is 6.42 Å². The Labute approximate surface area is 187 Å². The molecule has 27 heavy (non-hydrogen) atoms. The molecule has 0 N–H and O–H groups in total. The summed E-state index contributed by atoms with van der Waals surface area (Å²) < 4.78 is 5.29. The van der Waals surface area contributed by atoms with Crippen molar-refractivity contribution in [3.8, 4) is 5.75 Å². The molecule has 1 aromatic rings. The molecule has 0 aromatic heterocycles. The second kappa shape index (κ2) is 20.2. The smallest absolute Gasteiger partial charge is 1.00 e. The second-order valence-corrected chi connectivity index (χ2v) is 7.49. The molecule has 0 bridgehead atoms. The molecule has 0 spiro atoms. The molecule has 0 aliphatic rings. The van der Waals surface area contributed by atoms with E-state index in [-0.39, 0.29) is 31.9 Å². The second-order valence-electron chi connectivity index (χ2n) is 7.49. The molecule has 0 aliphatic heterocycles. The maximum absolute atomic E-state index is 11.7. The van der Waals surface area contributed by atoms with Crippen LogP contribution in [0.5, 0.6) is 5.75 Å². The van der Waals surface area contributed by atoms with Gasteiger partial charge in [0.05, 0.1) is 0 Å². The van der Waals surface area contributed by atoms with Crippen molar-refractivity contribution < 1.29 is 12.4 Å². The van der Waals surface area contributed by atoms with Gasteiger partial charge in [-0.2, -0.15) is 0 Å². The van der Waals surface area contributed by atoms with Crippen LogP contribution in [0.25, 0.3) is 0 Å². The molecular formula is C24H42MgO2. The van der Waals surface area contributed by atoms with Crippen LogP contribution in [0.4, 0.5) is 0 Å². The fourth-order valence-corrected chi connectivity index (χ4v) is 3.31. The van der Waals surface area contributed by atoms with Gasteiger partial charge in [-0.1, -0.05) is 115 Å². The Bertz CT molecular complexity index is 444. The fraction of sp³-hybridized carbons (Fsp3) is 0.708. The summed E-state index contributed by atoms with van der Waals surface area (Å²) in [6.45, 7) is 2.28. The van der Waals surface area contributed by atoms with Crippen LogP contribution in [0, 0.1) is 0 Å². The SMILES string of the molecule is CCCCCCCCCCCCCCCCCC(=O)Oc1ccccc1.[H-].[H-].[Mg+2]. The monoisotopic (exact) mass is 386 g/mol. The Kier molecular flexibility index (Phi) is 19.8. The van der Waals surface area contributed by atoms with Gasteiger partial charge in [-0.3, -0.25) is 4.79 Å². The molecule has 1 aromatic carbocycles. The molecule has 0 heterocycles. The minimum absolute atomic E-state index is 0. The van der Waals surface area contributed by atoms with E-state index in [1.165, 1.54) is 83.5 Å². The number of carbonyl (C=O) groups is 1. The summed E-state index contributed by atoms with van der Waals surface area (Å²) in [5.74, 6) is 0.546. The van der Waals surface area contributed by atoms with Crippen LogP contribution in [-0.2, 0) is 4.79 Å². The molecule has 0 radical (unpaired) electrons. The number of hydrogen-bond donors (Lipinski definition) is 0. The zero-order chi connectivity index (χ0) is 18.7. The number of hydrogen-bond acceptors (Lipinski definition) is 2. The Morgan fingerprint density at radius 1 is 0.704 bits per heavy atom. The van der Waals surface area contributed by atoms with Gasteiger partial charge < -0.3 is 7.59 Å². The minimum Gasteiger partial charge on any atom is -1.00 e. The molecule has 0 atom stereocenters. The van der Waals surface area contributed by atoms with Crippen molar-refractivity contribution in [2.45, 2.75) is 110 Å². The van der Waals surface area contributed by atoms with Crippen molar-refractivity contribution in [1.29, 1.82) is 0 Å². The first kappa shape index (κ1) is 26.5. The molecule has 2 nitrogen and oxygen atoms in total. The van der Waals surface area contributed by atoms with E-state index in [1.54, 1.807) is 0 Å². The van der Waals surface area contributed by atoms with E-state index >= 15 is 0 Å². The quantitative estimate of drug-likeness (QED) is 0.119. The molecule has 0 saturated heterocycles. The first-order chi connectivity index (χ1) is 12.8. The summed E-state index contributed by atoms with van der Waals surface area (Å²) in [6, 6.07) is 9.34. The molecule has 152 valence electrons. The van der Waals surface area contributed by atoms with Crippen molar-refractivity contribution >= 4 is 29.0 Å². The van der Waals surface area contributed by atoms with E-state index < -0.39 is 0 Å². The largest absolute Gasteiger partial charge is 2.00 e. The van der Waals surface area contributed by atoms with Crippen LogP contribution >= 0.6 is 0 Å². The van der Waals surface area contributed by atoms with E-state index in [1.807, 2.05) is 30.3 Å². The summed E-state index contributed by atoms with van der Waals surface area (Å²) in [5.41, 5.74) is 0. The average molecular weight is 387 g/mol. The summed E-state index contributed by atoms with van der Waals surface area (Å²) in [5, 5.41) is 0. The Morgan fingerprint density at radius 3 is 1.56 bits per heavy atom. The molecule has 0 fully saturated rings. The van der Waals surface area contributed by atoms with Gasteiger partial charge in [-0.15, -0.1) is 0 Å². The number of ether oxygens (including phenoxy) is 1. The normalized spacial score (nSPS) is 10.4. The van der Waals surface area contributed by atoms with E-state index in [2.05, 4.69) is 6.92 Å². The van der Waals surface area contributed by atoms with Crippen molar-refractivity contribution in [3.05, 3.63) is 30.3 Å². The molecule has 0 saturated carbocycles. The van der Waals surface area contributed by atoms with Gasteiger partial charge >= 0.3 is 29.0 Å². The van der Waals surface area contributed by atoms with Gasteiger partial charge in [0.25, 0.3) is 0 Å². The minimum atomic E-state index is -0.106. The van der Waals surface area contributed by atoms with Crippen LogP contribution in [0.15, 0.2) is 30.3 Å². The molecule has 1 rings (SSSR count). The van der Waals surface area contributed by atoms with E-state index in [9.17, 15) is 4.79 Å². The molecule has 0 amide bonds. The van der Waals surface area contributed by atoms with Crippen LogP contribution in [-0.4, -0.2) is 29.0 Å². The van der Waals surface area contributed by atoms with Crippen LogP contribution < -0.4 is 4.74 Å². The first-order valence-electron chi connectivity index (χ1n) is 11.1. The van der Waals surface area contributed by atoms with E-state index in [4.69, 9.17) is 4.74 Å². The third-order valence-corrected chi connectivity index (χ3v) is 4.96. The molecule has 0 unspecified atom stereocenters. The average Bonchev–Trinajstić information content (AvgIpc) is 2.65. The number of esters is 1. The first-order valence-corrected chi connectivity index (χ1v) is 11.1. The number of unbranched alkanes of at least 4 members (excludes halogenated alkanes) is 14. The van der Waals surface area contributed by atoms with E-state index in [0.717, 1.165) is 12.8 Å². The number of para-hydroxylation sites is 1. The molecular weight excluding hydrogens is 345 g/mol. The van der Waals surface area contributed by atoms with Crippen molar-refractivity contribution in [1.82, 2.24) is 0 Å². The predicted molar refractivity (Wildman–Crippen MR) is 120 cm³/mol. The summed E-state index contributed by atoms with van der Waals surface area (Å²) in [7, 11) is 0. The van der Waals surface area contributed by atoms with Crippen LogP contribution in [0.1, 0.15) is 113 Å². The van der Waals surface area contributed by atoms with Crippen LogP contribution in [0.3, 0.4) is 0 Å². The van der Waals surface area contributed by atoms with Gasteiger partial charge in [-0.05, 0) is 18.6 Å². The summed E-state index contributed by atoms with van der Waals surface area (Å²) in [4.78, 5) is 11.7. The van der Waals surface area contributed by atoms with Crippen LogP contribution in [0.2, 0.25) is 0 Å². The Hall–Kier alpha value is -0.544. The molecule has 3 heteroatoms. The topological polar surface area (TPSA) is 26.3 Å². The third-order valence-electron chi connectivity index (χ3n) is 4.96. The zero-order valence-electron chi connectivity index (χ0n) is 19.7. The summed E-state index contributed by atoms with van der Waals surface area (Å²) in [6.07, 6.45) is 20.7. The third kappa shape index (κ3) is 17.3. The maximum Gasteiger partial charge on any atom is 2.00 e. The number of rotatable bonds is 17. The molecule has 0 aliphatic carbocycles. The van der Waals surface area contributed by atoms with Crippen molar-refractivity contribution in [3.63, 3.8) is 0 Å². The van der Waals surface area contributed by atoms with Gasteiger partial charge in [0.1, 0.15) is 5.75 Å². The number of carbonyl (C=O) groups excluding carboxylic acids is 1. The Balaban J connectivity index is -0.00000225. The van der Waals surface area contributed by atoms with Gasteiger partial charge in [0.15, 0.2) is 0 Å². The predicted octanol–water partition coefficient (Wildman–Crippen LogP) is 7.70. The standard InChI is InChI=1S/C24H40O2.Mg.2H/c1-2-3-4-5-6-7-8-9-10-11-12-13-14-15-19-22-24(25)26-23-20-17-16-18-21-23;;;/h16-18,20-21H,2-15,19,22H2,1H3;;;/q;+2;2*-1. The van der Waals surface area contributed by atoms with Crippen molar-refractivity contribution in [2.75, 3.05) is 0 Å². The van der Waals surface area contributed by atoms with Crippen molar-refractivity contribution in [2.24, 2.45) is 0 Å². The van der Waals surface area contributed by atoms with E-state index in [0.29, 0.717) is 12.2 Å². The maximum atomic E-state index is 11.7.